The van der Waals surface area contributed by atoms with E-state index in [9.17, 15) is 23.6 Å². The van der Waals surface area contributed by atoms with Crippen molar-refractivity contribution in [3.8, 4) is 6.07 Å². The molecule has 0 unspecified atom stereocenters. The minimum absolute atomic E-state index is 0.0171. The van der Waals surface area contributed by atoms with E-state index in [4.69, 9.17) is 12.2 Å². The fraction of sp³-hybridized carbons (Fsp3) is 0.346. The molecule has 11 heteroatoms. The van der Waals surface area contributed by atoms with Gasteiger partial charge in [0.2, 0.25) is 0 Å². The van der Waals surface area contributed by atoms with Gasteiger partial charge in [-0.25, -0.2) is 18.2 Å². The summed E-state index contributed by atoms with van der Waals surface area (Å²) in [5, 5.41) is 9.28. The summed E-state index contributed by atoms with van der Waals surface area (Å²) >= 11 is 5.59. The van der Waals surface area contributed by atoms with E-state index in [1.807, 2.05) is 0 Å². The van der Waals surface area contributed by atoms with Crippen LogP contribution in [0.25, 0.3) is 10.9 Å². The van der Waals surface area contributed by atoms with Crippen molar-refractivity contribution >= 4 is 45.5 Å². The van der Waals surface area contributed by atoms with Crippen LogP contribution in [0.15, 0.2) is 35.1 Å². The molecule has 1 aliphatic heterocycles. The number of aromatic amines is 1. The van der Waals surface area contributed by atoms with Crippen LogP contribution >= 0.6 is 12.2 Å². The topological polar surface area (TPSA) is 93.1 Å². The molecule has 1 amide bonds. The van der Waals surface area contributed by atoms with Crippen molar-refractivity contribution in [2.45, 2.75) is 58.4 Å². The fourth-order valence-electron chi connectivity index (χ4n) is 4.51. The minimum atomic E-state index is -3.29. The maximum absolute atomic E-state index is 15.1. The van der Waals surface area contributed by atoms with Crippen LogP contribution in [-0.4, -0.2) is 26.5 Å². The van der Waals surface area contributed by atoms with Gasteiger partial charge in [-0.2, -0.15) is 5.26 Å². The van der Waals surface area contributed by atoms with Gasteiger partial charge in [0.15, 0.2) is 10.9 Å². The number of halogens is 3. The molecule has 1 saturated heterocycles. The molecule has 0 radical (unpaired) electrons. The van der Waals surface area contributed by atoms with Gasteiger partial charge in [-0.05, 0) is 56.4 Å². The van der Waals surface area contributed by atoms with Crippen molar-refractivity contribution in [3.63, 3.8) is 0 Å². The second kappa shape index (κ2) is 9.27. The Hall–Kier alpha value is -3.78. The van der Waals surface area contributed by atoms with Gasteiger partial charge < -0.3 is 9.88 Å². The SMILES string of the molecule is CCCC(F)(F)c1cc(N2C(=O)C(C)(C)N(c3cc(F)c4nc(CC)[nH]c(=O)c4c3)C2=S)ccc1C#N. The number of hydrogen-bond acceptors (Lipinski definition) is 5. The van der Waals surface area contributed by atoms with Crippen LogP contribution in [0.3, 0.4) is 0 Å². The smallest absolute Gasteiger partial charge is 0.274 e. The number of rotatable bonds is 6. The maximum atomic E-state index is 15.1. The van der Waals surface area contributed by atoms with E-state index in [1.54, 1.807) is 33.8 Å². The Labute approximate surface area is 216 Å². The van der Waals surface area contributed by atoms with Gasteiger partial charge in [-0.15, -0.1) is 0 Å². The van der Waals surface area contributed by atoms with E-state index in [0.717, 1.165) is 17.0 Å². The number of hydrogen-bond donors (Lipinski definition) is 1. The lowest BCUT2D eigenvalue weighted by molar-refractivity contribution is -0.120. The van der Waals surface area contributed by atoms with Crippen molar-refractivity contribution in [1.82, 2.24) is 9.97 Å². The highest BCUT2D eigenvalue weighted by atomic mass is 32.1. The monoisotopic (exact) mass is 527 g/mol. The van der Waals surface area contributed by atoms with Crippen LogP contribution in [0.5, 0.6) is 0 Å². The molecule has 1 N–H and O–H groups in total. The summed E-state index contributed by atoms with van der Waals surface area (Å²) < 4.78 is 44.9. The molecule has 0 saturated carbocycles. The Bertz CT molecular complexity index is 1540. The zero-order valence-electron chi connectivity index (χ0n) is 20.7. The number of nitriles is 1. The normalized spacial score (nSPS) is 15.5. The van der Waals surface area contributed by atoms with Crippen molar-refractivity contribution in [1.29, 1.82) is 5.26 Å². The Kier molecular flexibility index (Phi) is 6.58. The highest BCUT2D eigenvalue weighted by Crippen LogP contribution is 2.41. The van der Waals surface area contributed by atoms with Gasteiger partial charge in [0.1, 0.15) is 16.9 Å². The van der Waals surface area contributed by atoms with Crippen molar-refractivity contribution in [2.24, 2.45) is 0 Å². The number of H-pyrrole nitrogens is 1. The van der Waals surface area contributed by atoms with Gasteiger partial charge in [0.05, 0.1) is 22.7 Å². The van der Waals surface area contributed by atoms with E-state index in [0.29, 0.717) is 12.2 Å². The molecular weight excluding hydrogens is 503 g/mol. The highest BCUT2D eigenvalue weighted by molar-refractivity contribution is 7.81. The second-order valence-corrected chi connectivity index (χ2v) is 9.67. The first-order chi connectivity index (χ1) is 17.4. The number of aromatic nitrogens is 2. The first-order valence-electron chi connectivity index (χ1n) is 11.7. The number of amides is 1. The molecule has 0 bridgehead atoms. The van der Waals surface area contributed by atoms with E-state index >= 15 is 4.39 Å². The van der Waals surface area contributed by atoms with E-state index in [1.165, 1.54) is 23.1 Å². The molecule has 2 heterocycles. The summed E-state index contributed by atoms with van der Waals surface area (Å²) in [6, 6.07) is 8.01. The molecule has 4 rings (SSSR count). The number of thiocarbonyl (C=S) groups is 1. The number of benzene rings is 2. The largest absolute Gasteiger partial charge is 0.310 e. The van der Waals surface area contributed by atoms with Gasteiger partial charge >= 0.3 is 0 Å². The average molecular weight is 528 g/mol. The Morgan fingerprint density at radius 3 is 2.49 bits per heavy atom. The van der Waals surface area contributed by atoms with Crippen LogP contribution in [0, 0.1) is 17.1 Å². The predicted molar refractivity (Wildman–Crippen MR) is 138 cm³/mol. The molecule has 1 aliphatic rings. The number of nitrogens with zero attached hydrogens (tertiary/aromatic N) is 4. The number of carbonyl (C=O) groups is 1. The maximum Gasteiger partial charge on any atom is 0.274 e. The van der Waals surface area contributed by atoms with Crippen LogP contribution in [-0.2, 0) is 17.1 Å². The Morgan fingerprint density at radius 2 is 1.86 bits per heavy atom. The Balaban J connectivity index is 1.85. The van der Waals surface area contributed by atoms with Crippen LogP contribution < -0.4 is 15.4 Å². The number of anilines is 2. The number of aryl methyl sites for hydroxylation is 1. The minimum Gasteiger partial charge on any atom is -0.310 e. The number of nitrogens with one attached hydrogen (secondary N) is 1. The lowest BCUT2D eigenvalue weighted by Gasteiger charge is -2.29. The molecule has 0 atom stereocenters. The van der Waals surface area contributed by atoms with Crippen LogP contribution in [0.1, 0.15) is 57.5 Å². The Morgan fingerprint density at radius 1 is 1.16 bits per heavy atom. The van der Waals surface area contributed by atoms with Crippen molar-refractivity contribution in [2.75, 3.05) is 9.80 Å². The van der Waals surface area contributed by atoms with E-state index < -0.39 is 40.7 Å². The zero-order valence-corrected chi connectivity index (χ0v) is 21.5. The summed E-state index contributed by atoms with van der Waals surface area (Å²) in [5.74, 6) is -4.26. The molecule has 0 aliphatic carbocycles. The third-order valence-electron chi connectivity index (χ3n) is 6.40. The second-order valence-electron chi connectivity index (χ2n) is 9.30. The molecule has 37 heavy (non-hydrogen) atoms. The van der Waals surface area contributed by atoms with Gasteiger partial charge in [0, 0.05) is 24.1 Å². The summed E-state index contributed by atoms with van der Waals surface area (Å²) in [6.07, 6.45) is 0.119. The fourth-order valence-corrected chi connectivity index (χ4v) is 5.03. The quantitative estimate of drug-likeness (QED) is 0.437. The predicted octanol–water partition coefficient (Wildman–Crippen LogP) is 5.30. The highest BCUT2D eigenvalue weighted by Gasteiger charge is 2.51. The van der Waals surface area contributed by atoms with Crippen LogP contribution in [0.2, 0.25) is 0 Å². The first kappa shape index (κ1) is 26.3. The average Bonchev–Trinajstić information content (AvgIpc) is 3.02. The molecule has 7 nitrogen and oxygen atoms in total. The molecule has 192 valence electrons. The third-order valence-corrected chi connectivity index (χ3v) is 6.76. The van der Waals surface area contributed by atoms with Crippen molar-refractivity contribution < 1.29 is 18.0 Å². The summed E-state index contributed by atoms with van der Waals surface area (Å²) in [7, 11) is 0. The third kappa shape index (κ3) is 4.25. The zero-order chi connectivity index (χ0) is 27.3. The lowest BCUT2D eigenvalue weighted by atomic mass is 9.97. The summed E-state index contributed by atoms with van der Waals surface area (Å²) in [5.41, 5.74) is -2.50. The first-order valence-corrected chi connectivity index (χ1v) is 12.1. The van der Waals surface area contributed by atoms with Gasteiger partial charge in [0.25, 0.3) is 17.4 Å². The van der Waals surface area contributed by atoms with Gasteiger partial charge in [-0.3, -0.25) is 14.5 Å². The number of carbonyl (C=O) groups excluding carboxylic acids is 1. The molecule has 3 aromatic rings. The summed E-state index contributed by atoms with van der Waals surface area (Å²) in [6.45, 7) is 6.50. The number of fused-ring (bicyclic) bond motifs is 1. The van der Waals surface area contributed by atoms with Crippen LogP contribution in [0.4, 0.5) is 24.5 Å². The molecular formula is C26H24F3N5O2S. The molecule has 1 aromatic heterocycles. The molecule has 2 aromatic carbocycles. The summed E-state index contributed by atoms with van der Waals surface area (Å²) in [4.78, 5) is 35.4. The standard InChI is InChI=1S/C26H24F3N5O2S/c1-5-9-26(28,29)18-11-15(8-7-14(18)13-30)33-23(36)25(3,4)34(24(33)37)16-10-17-21(19(27)12-16)31-20(6-2)32-22(17)35/h7-8,10-12H,5-6,9H2,1-4H3,(H,31,32,35). The lowest BCUT2D eigenvalue weighted by Crippen LogP contribution is -2.44. The molecule has 1 fully saturated rings. The van der Waals surface area contributed by atoms with E-state index in [2.05, 4.69) is 9.97 Å². The van der Waals surface area contributed by atoms with E-state index in [-0.39, 0.29) is 39.4 Å². The number of alkyl halides is 2. The van der Waals surface area contributed by atoms with Gasteiger partial charge in [-0.1, -0.05) is 20.3 Å². The van der Waals surface area contributed by atoms with Crippen molar-refractivity contribution in [3.05, 3.63) is 63.5 Å². The molecule has 0 spiro atoms.